The number of hydrogen-bond acceptors (Lipinski definition) is 4. The predicted molar refractivity (Wildman–Crippen MR) is 87.3 cm³/mol. The Morgan fingerprint density at radius 2 is 2.09 bits per heavy atom. The van der Waals surface area contributed by atoms with Gasteiger partial charge in [-0.3, -0.25) is 14.4 Å². The molecule has 2 amide bonds. The molecule has 0 spiro atoms. The van der Waals surface area contributed by atoms with E-state index >= 15 is 0 Å². The lowest BCUT2D eigenvalue weighted by Crippen LogP contribution is -2.46. The Labute approximate surface area is 135 Å². The number of likely N-dealkylation sites (N-methyl/N-ethyl adjacent to an activating group) is 1. The molecule has 1 aromatic rings. The summed E-state index contributed by atoms with van der Waals surface area (Å²) >= 11 is 0. The second-order valence-corrected chi connectivity index (χ2v) is 5.99. The fourth-order valence-electron chi connectivity index (χ4n) is 3.26. The Kier molecular flexibility index (Phi) is 4.89. The van der Waals surface area contributed by atoms with E-state index in [2.05, 4.69) is 5.32 Å². The van der Waals surface area contributed by atoms with Gasteiger partial charge in [0, 0.05) is 32.4 Å². The highest BCUT2D eigenvalue weighted by Gasteiger charge is 2.39. The third-order valence-electron chi connectivity index (χ3n) is 4.46. The van der Waals surface area contributed by atoms with Crippen molar-refractivity contribution in [2.45, 2.75) is 38.8 Å². The van der Waals surface area contributed by atoms with Crippen LogP contribution in [0.3, 0.4) is 0 Å². The molecule has 0 radical (unpaired) electrons. The summed E-state index contributed by atoms with van der Waals surface area (Å²) < 4.78 is 1.51. The van der Waals surface area contributed by atoms with Crippen molar-refractivity contribution >= 4 is 11.8 Å². The molecule has 2 rings (SSSR count). The molecule has 0 bridgehead atoms. The number of pyridine rings is 1. The third-order valence-corrected chi connectivity index (χ3v) is 4.46. The van der Waals surface area contributed by atoms with Crippen LogP contribution >= 0.6 is 0 Å². The van der Waals surface area contributed by atoms with Crippen LogP contribution in [0.25, 0.3) is 0 Å². The van der Waals surface area contributed by atoms with Crippen LogP contribution < -0.4 is 16.6 Å². The molecule has 0 aliphatic carbocycles. The van der Waals surface area contributed by atoms with Gasteiger partial charge in [-0.2, -0.15) is 0 Å². The number of carbonyl (C=O) groups excluding carboxylic acids is 2. The van der Waals surface area contributed by atoms with Crippen LogP contribution in [0.15, 0.2) is 10.9 Å². The lowest BCUT2D eigenvalue weighted by atomic mass is 10.1. The second kappa shape index (κ2) is 6.54. The van der Waals surface area contributed by atoms with Crippen molar-refractivity contribution in [1.29, 1.82) is 0 Å². The summed E-state index contributed by atoms with van der Waals surface area (Å²) in [6, 6.07) is 0.730. The first-order valence-corrected chi connectivity index (χ1v) is 7.79. The fourth-order valence-corrected chi connectivity index (χ4v) is 3.26. The van der Waals surface area contributed by atoms with E-state index in [1.165, 1.54) is 16.5 Å². The minimum atomic E-state index is -0.627. The largest absolute Gasteiger partial charge is 0.357 e. The van der Waals surface area contributed by atoms with Gasteiger partial charge < -0.3 is 20.5 Å². The topological polar surface area (TPSA) is 97.4 Å². The highest BCUT2D eigenvalue weighted by Crippen LogP contribution is 2.20. The van der Waals surface area contributed by atoms with Crippen molar-refractivity contribution in [3.05, 3.63) is 33.2 Å². The van der Waals surface area contributed by atoms with Crippen LogP contribution in [0, 0.1) is 6.92 Å². The predicted octanol–water partition coefficient (Wildman–Crippen LogP) is -0.456. The molecule has 7 heteroatoms. The van der Waals surface area contributed by atoms with E-state index in [9.17, 15) is 14.4 Å². The summed E-state index contributed by atoms with van der Waals surface area (Å²) in [5.74, 6) is -0.692. The molecule has 1 fully saturated rings. The average Bonchev–Trinajstić information content (AvgIpc) is 2.91. The van der Waals surface area contributed by atoms with Crippen LogP contribution in [-0.2, 0) is 18.3 Å². The van der Waals surface area contributed by atoms with Crippen molar-refractivity contribution in [3.8, 4) is 0 Å². The maximum Gasteiger partial charge on any atom is 0.263 e. The number of carbonyl (C=O) groups is 2. The molecule has 1 aromatic heterocycles. The van der Waals surface area contributed by atoms with E-state index in [-0.39, 0.29) is 29.6 Å². The lowest BCUT2D eigenvalue weighted by Gasteiger charge is -2.23. The molecule has 0 unspecified atom stereocenters. The van der Waals surface area contributed by atoms with Gasteiger partial charge in [-0.1, -0.05) is 6.92 Å². The normalized spacial score (nSPS) is 20.7. The summed E-state index contributed by atoms with van der Waals surface area (Å²) in [6.07, 6.45) is 1.11. The summed E-state index contributed by atoms with van der Waals surface area (Å²) in [7, 11) is 3.19. The van der Waals surface area contributed by atoms with E-state index in [4.69, 9.17) is 5.73 Å². The fraction of sp³-hybridized carbons (Fsp3) is 0.562. The van der Waals surface area contributed by atoms with Crippen LogP contribution in [0.2, 0.25) is 0 Å². The monoisotopic (exact) mass is 320 g/mol. The Bertz CT molecular complexity index is 695. The molecule has 3 N–H and O–H groups in total. The summed E-state index contributed by atoms with van der Waals surface area (Å²) in [5.41, 5.74) is 7.44. The van der Waals surface area contributed by atoms with Gasteiger partial charge in [0.25, 0.3) is 11.5 Å². The summed E-state index contributed by atoms with van der Waals surface area (Å²) in [6.45, 7) is 4.11. The minimum Gasteiger partial charge on any atom is -0.357 e. The van der Waals surface area contributed by atoms with Gasteiger partial charge in [0.1, 0.15) is 11.6 Å². The minimum absolute atomic E-state index is 0.0882. The van der Waals surface area contributed by atoms with Gasteiger partial charge in [-0.15, -0.1) is 0 Å². The van der Waals surface area contributed by atoms with Gasteiger partial charge in [0.2, 0.25) is 5.91 Å². The van der Waals surface area contributed by atoms with Gasteiger partial charge in [-0.05, 0) is 31.4 Å². The lowest BCUT2D eigenvalue weighted by molar-refractivity contribution is -0.124. The number of hydrogen-bond donors (Lipinski definition) is 2. The average molecular weight is 320 g/mol. The van der Waals surface area contributed by atoms with Crippen molar-refractivity contribution in [2.75, 3.05) is 13.6 Å². The molecule has 2 atom stereocenters. The molecule has 126 valence electrons. The zero-order chi connectivity index (χ0) is 17.3. The number of nitrogens with one attached hydrogen (secondary N) is 1. The number of aryl methyl sites for hydroxylation is 1. The van der Waals surface area contributed by atoms with Crippen LogP contribution in [0.4, 0.5) is 0 Å². The number of amides is 2. The summed E-state index contributed by atoms with van der Waals surface area (Å²) in [5, 5.41) is 2.55. The Hall–Kier alpha value is -2.15. The van der Waals surface area contributed by atoms with Gasteiger partial charge in [-0.25, -0.2) is 0 Å². The highest BCUT2D eigenvalue weighted by molar-refractivity contribution is 5.98. The Morgan fingerprint density at radius 1 is 1.43 bits per heavy atom. The first kappa shape index (κ1) is 17.2. The number of likely N-dealkylation sites (tertiary alicyclic amines) is 1. The molecule has 2 heterocycles. The van der Waals surface area contributed by atoms with Crippen LogP contribution in [-0.4, -0.2) is 47.0 Å². The molecule has 7 nitrogen and oxygen atoms in total. The van der Waals surface area contributed by atoms with E-state index in [0.29, 0.717) is 12.8 Å². The molecule has 1 aliphatic rings. The number of aromatic nitrogens is 1. The Balaban J connectivity index is 2.44. The van der Waals surface area contributed by atoms with Crippen molar-refractivity contribution in [2.24, 2.45) is 12.8 Å². The highest BCUT2D eigenvalue weighted by atomic mass is 16.2. The van der Waals surface area contributed by atoms with Crippen molar-refractivity contribution in [3.63, 3.8) is 0 Å². The van der Waals surface area contributed by atoms with Gasteiger partial charge in [0.05, 0.1) is 0 Å². The van der Waals surface area contributed by atoms with Crippen LogP contribution in [0.1, 0.15) is 35.0 Å². The van der Waals surface area contributed by atoms with E-state index in [0.717, 1.165) is 11.3 Å². The first-order chi connectivity index (χ1) is 10.8. The molecular weight excluding hydrogens is 296 g/mol. The van der Waals surface area contributed by atoms with Gasteiger partial charge in [0.15, 0.2) is 0 Å². The zero-order valence-electron chi connectivity index (χ0n) is 14.0. The second-order valence-electron chi connectivity index (χ2n) is 5.99. The maximum atomic E-state index is 12.8. The molecule has 1 aliphatic heterocycles. The Morgan fingerprint density at radius 3 is 2.65 bits per heavy atom. The molecule has 0 saturated carbocycles. The smallest absolute Gasteiger partial charge is 0.263 e. The molecule has 0 aromatic carbocycles. The van der Waals surface area contributed by atoms with Crippen molar-refractivity contribution in [1.82, 2.24) is 14.8 Å². The molecule has 23 heavy (non-hydrogen) atoms. The summed E-state index contributed by atoms with van der Waals surface area (Å²) in [4.78, 5) is 38.7. The first-order valence-electron chi connectivity index (χ1n) is 7.79. The SMILES string of the molecule is CCc1c(C)cc(C(=O)N2C[C@@H](N)C[C@H]2C(=O)NC)c(=O)n1C. The zero-order valence-corrected chi connectivity index (χ0v) is 14.0. The van der Waals surface area contributed by atoms with E-state index < -0.39 is 11.9 Å². The molecular formula is C16H24N4O3. The maximum absolute atomic E-state index is 12.8. The standard InChI is InChI=1S/C16H24N4O3/c1-5-12-9(2)6-11(15(22)19(12)4)16(23)20-8-10(17)7-13(20)14(21)18-3/h6,10,13H,5,7-8,17H2,1-4H3,(H,18,21)/t10-,13-/m0/s1. The van der Waals surface area contributed by atoms with Crippen LogP contribution in [0.5, 0.6) is 0 Å². The molecule has 1 saturated heterocycles. The quantitative estimate of drug-likeness (QED) is 0.788. The number of nitrogens with two attached hydrogens (primary N) is 1. The number of nitrogens with zero attached hydrogens (tertiary/aromatic N) is 2. The third kappa shape index (κ3) is 3.01. The van der Waals surface area contributed by atoms with E-state index in [1.54, 1.807) is 13.1 Å². The van der Waals surface area contributed by atoms with E-state index in [1.807, 2.05) is 13.8 Å². The number of rotatable bonds is 3. The van der Waals surface area contributed by atoms with Gasteiger partial charge >= 0.3 is 0 Å². The van der Waals surface area contributed by atoms with Crippen molar-refractivity contribution < 1.29 is 9.59 Å².